The quantitative estimate of drug-likeness (QED) is 0.609. The first-order valence-corrected chi connectivity index (χ1v) is 8.15. The van der Waals surface area contributed by atoms with Gasteiger partial charge in [0, 0.05) is 6.54 Å². The summed E-state index contributed by atoms with van der Waals surface area (Å²) in [5.41, 5.74) is 8.65. The van der Waals surface area contributed by atoms with Crippen molar-refractivity contribution in [3.05, 3.63) is 66.5 Å². The molecule has 3 rings (SSSR count). The molecule has 25 heavy (non-hydrogen) atoms. The van der Waals surface area contributed by atoms with Crippen molar-refractivity contribution in [2.45, 2.75) is 13.5 Å². The van der Waals surface area contributed by atoms with Crippen molar-refractivity contribution in [3.63, 3.8) is 0 Å². The summed E-state index contributed by atoms with van der Waals surface area (Å²) in [6.07, 6.45) is 1.48. The highest BCUT2D eigenvalue weighted by molar-refractivity contribution is 5.79. The molecule has 2 aromatic carbocycles. The Morgan fingerprint density at radius 1 is 0.960 bits per heavy atom. The molecule has 0 aliphatic rings. The Kier molecular flexibility index (Phi) is 5.31. The van der Waals surface area contributed by atoms with Crippen LogP contribution in [0.25, 0.3) is 0 Å². The van der Waals surface area contributed by atoms with Gasteiger partial charge >= 0.3 is 0 Å². The molecule has 6 heteroatoms. The first kappa shape index (κ1) is 16.6. The van der Waals surface area contributed by atoms with Gasteiger partial charge in [-0.2, -0.15) is 0 Å². The maximum Gasteiger partial charge on any atom is 0.159 e. The van der Waals surface area contributed by atoms with E-state index in [1.807, 2.05) is 61.5 Å². The van der Waals surface area contributed by atoms with Crippen LogP contribution in [0.4, 0.5) is 23.0 Å². The van der Waals surface area contributed by atoms with E-state index >= 15 is 0 Å². The van der Waals surface area contributed by atoms with Gasteiger partial charge in [0.2, 0.25) is 0 Å². The van der Waals surface area contributed by atoms with Crippen LogP contribution in [0.3, 0.4) is 0 Å². The number of nitrogens with two attached hydrogens (primary N) is 1. The number of rotatable bonds is 7. The maximum atomic E-state index is 6.23. The topological polar surface area (TPSA) is 85.1 Å². The number of hydrogen-bond acceptors (Lipinski definition) is 6. The van der Waals surface area contributed by atoms with Crippen LogP contribution in [0.2, 0.25) is 0 Å². The molecule has 0 amide bonds. The van der Waals surface area contributed by atoms with Crippen LogP contribution in [0.1, 0.15) is 12.5 Å². The summed E-state index contributed by atoms with van der Waals surface area (Å²) in [4.78, 5) is 8.48. The second-order valence-corrected chi connectivity index (χ2v) is 5.38. The summed E-state index contributed by atoms with van der Waals surface area (Å²) in [7, 11) is 0. The number of para-hydroxylation sites is 2. The van der Waals surface area contributed by atoms with E-state index in [0.29, 0.717) is 30.5 Å². The molecule has 0 radical (unpaired) electrons. The van der Waals surface area contributed by atoms with Gasteiger partial charge in [-0.05, 0) is 24.6 Å². The van der Waals surface area contributed by atoms with Gasteiger partial charge in [0.1, 0.15) is 17.8 Å². The van der Waals surface area contributed by atoms with Crippen LogP contribution in [-0.4, -0.2) is 16.6 Å². The Hall–Kier alpha value is -3.28. The van der Waals surface area contributed by atoms with Crippen molar-refractivity contribution in [1.29, 1.82) is 0 Å². The molecule has 4 N–H and O–H groups in total. The molecule has 0 atom stereocenters. The summed E-state index contributed by atoms with van der Waals surface area (Å²) in [6, 6.07) is 17.7. The van der Waals surface area contributed by atoms with Gasteiger partial charge < -0.3 is 21.1 Å². The van der Waals surface area contributed by atoms with E-state index in [9.17, 15) is 0 Å². The van der Waals surface area contributed by atoms with E-state index in [4.69, 9.17) is 10.5 Å². The number of aromatic nitrogens is 2. The van der Waals surface area contributed by atoms with E-state index in [0.717, 1.165) is 17.0 Å². The van der Waals surface area contributed by atoms with Crippen LogP contribution >= 0.6 is 0 Å². The Labute approximate surface area is 147 Å². The first-order chi connectivity index (χ1) is 12.3. The third kappa shape index (κ3) is 4.17. The number of nitrogens with one attached hydrogen (secondary N) is 2. The van der Waals surface area contributed by atoms with E-state index in [1.165, 1.54) is 6.33 Å². The summed E-state index contributed by atoms with van der Waals surface area (Å²) in [5.74, 6) is 1.88. The second kappa shape index (κ2) is 8.01. The van der Waals surface area contributed by atoms with Gasteiger partial charge in [-0.1, -0.05) is 42.5 Å². The molecule has 1 aromatic heterocycles. The summed E-state index contributed by atoms with van der Waals surface area (Å²) < 4.78 is 5.62. The molecule has 0 saturated heterocycles. The van der Waals surface area contributed by atoms with Crippen molar-refractivity contribution < 1.29 is 4.74 Å². The number of ether oxygens (including phenoxy) is 1. The van der Waals surface area contributed by atoms with Gasteiger partial charge in [-0.25, -0.2) is 9.97 Å². The molecule has 0 spiro atoms. The Bertz CT molecular complexity index is 823. The fourth-order valence-corrected chi connectivity index (χ4v) is 2.40. The van der Waals surface area contributed by atoms with E-state index in [1.54, 1.807) is 0 Å². The van der Waals surface area contributed by atoms with Crippen molar-refractivity contribution in [2.24, 2.45) is 0 Å². The van der Waals surface area contributed by atoms with E-state index < -0.39 is 0 Å². The average molecular weight is 335 g/mol. The van der Waals surface area contributed by atoms with Crippen molar-refractivity contribution >= 4 is 23.0 Å². The van der Waals surface area contributed by atoms with Crippen LogP contribution in [0, 0.1) is 0 Å². The molecular formula is C19H21N5O. The van der Waals surface area contributed by atoms with Gasteiger partial charge in [0.05, 0.1) is 12.3 Å². The number of hydrogen-bond donors (Lipinski definition) is 3. The van der Waals surface area contributed by atoms with Crippen molar-refractivity contribution in [3.8, 4) is 5.75 Å². The van der Waals surface area contributed by atoms with Gasteiger partial charge in [-0.15, -0.1) is 0 Å². The minimum Gasteiger partial charge on any atom is -0.492 e. The first-order valence-electron chi connectivity index (χ1n) is 8.15. The Morgan fingerprint density at radius 2 is 1.68 bits per heavy atom. The Balaban J connectivity index is 1.77. The SMILES string of the molecule is CCOc1ccccc1Nc1ncnc(NCc2ccccc2)c1N. The molecule has 0 fully saturated rings. The number of anilines is 4. The zero-order valence-corrected chi connectivity index (χ0v) is 14.1. The van der Waals surface area contributed by atoms with Gasteiger partial charge in [0.25, 0.3) is 0 Å². The molecule has 0 aliphatic heterocycles. The fraction of sp³-hybridized carbons (Fsp3) is 0.158. The van der Waals surface area contributed by atoms with Gasteiger partial charge in [-0.3, -0.25) is 0 Å². The summed E-state index contributed by atoms with van der Waals surface area (Å²) in [5, 5.41) is 6.47. The standard InChI is InChI=1S/C19H21N5O/c1-2-25-16-11-7-6-10-15(16)24-19-17(20)18(22-13-23-19)21-12-14-8-4-3-5-9-14/h3-11,13H,2,12,20H2,1H3,(H2,21,22,23,24). The lowest BCUT2D eigenvalue weighted by atomic mass is 10.2. The average Bonchev–Trinajstić information content (AvgIpc) is 2.65. The molecule has 0 unspecified atom stereocenters. The van der Waals surface area contributed by atoms with Crippen LogP contribution < -0.4 is 21.1 Å². The highest BCUT2D eigenvalue weighted by atomic mass is 16.5. The zero-order valence-electron chi connectivity index (χ0n) is 14.1. The lowest BCUT2D eigenvalue weighted by Gasteiger charge is -2.15. The highest BCUT2D eigenvalue weighted by Gasteiger charge is 2.10. The smallest absolute Gasteiger partial charge is 0.159 e. The number of nitrogens with zero attached hydrogens (tertiary/aromatic N) is 2. The molecule has 128 valence electrons. The van der Waals surface area contributed by atoms with Crippen LogP contribution in [0.5, 0.6) is 5.75 Å². The van der Waals surface area contributed by atoms with E-state index in [-0.39, 0.29) is 0 Å². The van der Waals surface area contributed by atoms with Crippen molar-refractivity contribution in [1.82, 2.24) is 9.97 Å². The molecule has 3 aromatic rings. The number of nitrogen functional groups attached to an aromatic ring is 1. The third-order valence-electron chi connectivity index (χ3n) is 3.63. The monoisotopic (exact) mass is 335 g/mol. The number of benzene rings is 2. The minimum absolute atomic E-state index is 0.463. The largest absolute Gasteiger partial charge is 0.492 e. The normalized spacial score (nSPS) is 10.3. The summed E-state index contributed by atoms with van der Waals surface area (Å²) in [6.45, 7) is 3.17. The molecule has 0 aliphatic carbocycles. The maximum absolute atomic E-state index is 6.23. The second-order valence-electron chi connectivity index (χ2n) is 5.38. The fourth-order valence-electron chi connectivity index (χ4n) is 2.40. The third-order valence-corrected chi connectivity index (χ3v) is 3.63. The zero-order chi connectivity index (χ0) is 17.5. The lowest BCUT2D eigenvalue weighted by molar-refractivity contribution is 0.342. The predicted molar refractivity (Wildman–Crippen MR) is 101 cm³/mol. The van der Waals surface area contributed by atoms with E-state index in [2.05, 4.69) is 20.6 Å². The molecule has 0 saturated carbocycles. The predicted octanol–water partition coefficient (Wildman–Crippen LogP) is 3.81. The Morgan fingerprint density at radius 3 is 2.48 bits per heavy atom. The van der Waals surface area contributed by atoms with Crippen LogP contribution in [-0.2, 0) is 6.54 Å². The molecule has 0 bridgehead atoms. The van der Waals surface area contributed by atoms with Crippen molar-refractivity contribution in [2.75, 3.05) is 23.0 Å². The minimum atomic E-state index is 0.463. The lowest BCUT2D eigenvalue weighted by Crippen LogP contribution is -2.08. The van der Waals surface area contributed by atoms with Gasteiger partial charge in [0.15, 0.2) is 11.6 Å². The molecule has 6 nitrogen and oxygen atoms in total. The molecular weight excluding hydrogens is 314 g/mol. The molecule has 1 heterocycles. The highest BCUT2D eigenvalue weighted by Crippen LogP contribution is 2.31. The summed E-state index contributed by atoms with van der Waals surface area (Å²) >= 11 is 0. The van der Waals surface area contributed by atoms with Crippen LogP contribution in [0.15, 0.2) is 60.9 Å².